The molecule has 1 aliphatic carbocycles. The average molecular weight is 423 g/mol. The van der Waals surface area contributed by atoms with E-state index in [1.165, 1.54) is 4.91 Å². The summed E-state index contributed by atoms with van der Waals surface area (Å²) in [5.41, 5.74) is 4.60. The van der Waals surface area contributed by atoms with E-state index >= 15 is 0 Å². The number of halogens is 1. The highest BCUT2D eigenvalue weighted by molar-refractivity contribution is 8.03. The van der Waals surface area contributed by atoms with Crippen molar-refractivity contribution in [1.29, 1.82) is 0 Å². The van der Waals surface area contributed by atoms with Crippen LogP contribution in [0.3, 0.4) is 0 Å². The second kappa shape index (κ2) is 9.02. The maximum Gasteiger partial charge on any atom is 0.251 e. The summed E-state index contributed by atoms with van der Waals surface area (Å²) in [6.07, 6.45) is 8.63. The quantitative estimate of drug-likeness (QED) is 0.544. The van der Waals surface area contributed by atoms with Crippen LogP contribution in [0, 0.1) is 0 Å². The molecular formula is C24H23ClN2OS. The molecule has 0 unspecified atom stereocenters. The van der Waals surface area contributed by atoms with Crippen LogP contribution in [-0.2, 0) is 0 Å². The molecule has 0 aromatic heterocycles. The SMILES string of the molecule is CCCCNC(=O)c1ccc2c(c1)N=C(c1ccc(Cl)cc1)C1=CCCC=C1S2. The Balaban J connectivity index is 1.76. The van der Waals surface area contributed by atoms with Crippen LogP contribution in [0.4, 0.5) is 5.69 Å². The second-order valence-electron chi connectivity index (χ2n) is 7.12. The van der Waals surface area contributed by atoms with Gasteiger partial charge in [-0.05, 0) is 49.6 Å². The van der Waals surface area contributed by atoms with E-state index < -0.39 is 0 Å². The molecule has 1 amide bonds. The number of allylic oxidation sites excluding steroid dienone is 3. The fourth-order valence-electron chi connectivity index (χ4n) is 3.40. The zero-order chi connectivity index (χ0) is 20.2. The van der Waals surface area contributed by atoms with Crippen molar-refractivity contribution in [2.45, 2.75) is 37.5 Å². The van der Waals surface area contributed by atoms with E-state index in [4.69, 9.17) is 16.6 Å². The minimum Gasteiger partial charge on any atom is -0.352 e. The predicted octanol–water partition coefficient (Wildman–Crippen LogP) is 6.70. The number of nitrogens with one attached hydrogen (secondary N) is 1. The number of hydrogen-bond acceptors (Lipinski definition) is 3. The molecule has 0 saturated heterocycles. The van der Waals surface area contributed by atoms with Gasteiger partial charge in [-0.15, -0.1) is 0 Å². The fraction of sp³-hybridized carbons (Fsp3) is 0.250. The van der Waals surface area contributed by atoms with Gasteiger partial charge in [0.25, 0.3) is 5.91 Å². The summed E-state index contributed by atoms with van der Waals surface area (Å²) in [6.45, 7) is 2.81. The Hall–Kier alpha value is -2.30. The van der Waals surface area contributed by atoms with E-state index in [-0.39, 0.29) is 5.91 Å². The van der Waals surface area contributed by atoms with Crippen LogP contribution in [0.15, 0.2) is 75.0 Å². The van der Waals surface area contributed by atoms with Gasteiger partial charge in [-0.3, -0.25) is 4.79 Å². The number of benzene rings is 2. The number of fused-ring (bicyclic) bond motifs is 2. The molecule has 0 spiro atoms. The first-order valence-electron chi connectivity index (χ1n) is 10.0. The molecule has 0 fully saturated rings. The lowest BCUT2D eigenvalue weighted by Gasteiger charge is -2.15. The van der Waals surface area contributed by atoms with Gasteiger partial charge >= 0.3 is 0 Å². The monoisotopic (exact) mass is 422 g/mol. The summed E-state index contributed by atoms with van der Waals surface area (Å²) in [6, 6.07) is 13.6. The topological polar surface area (TPSA) is 41.5 Å². The second-order valence-corrected chi connectivity index (χ2v) is 8.65. The van der Waals surface area contributed by atoms with Gasteiger partial charge in [0.15, 0.2) is 0 Å². The highest BCUT2D eigenvalue weighted by atomic mass is 35.5. The zero-order valence-electron chi connectivity index (χ0n) is 16.4. The van der Waals surface area contributed by atoms with Gasteiger partial charge in [0.05, 0.1) is 11.4 Å². The van der Waals surface area contributed by atoms with E-state index in [1.807, 2.05) is 42.5 Å². The molecule has 0 saturated carbocycles. The third-order valence-corrected chi connectivity index (χ3v) is 6.40. The third kappa shape index (κ3) is 4.49. The molecular weight excluding hydrogens is 400 g/mol. The van der Waals surface area contributed by atoms with Crippen molar-refractivity contribution >= 4 is 40.7 Å². The Morgan fingerprint density at radius 3 is 2.72 bits per heavy atom. The lowest BCUT2D eigenvalue weighted by molar-refractivity contribution is 0.0953. The standard InChI is InChI=1S/C24H23ClN2OS/c1-2-3-14-26-24(28)17-10-13-22-20(15-17)27-23(16-8-11-18(25)12-9-16)19-6-4-5-7-21(19)29-22/h6-13,15H,2-5,14H2,1H3,(H,26,28). The first kappa shape index (κ1) is 20.0. The van der Waals surface area contributed by atoms with Crippen LogP contribution in [-0.4, -0.2) is 18.2 Å². The number of hydrogen-bond donors (Lipinski definition) is 1. The van der Waals surface area contributed by atoms with Gasteiger partial charge in [0, 0.05) is 38.1 Å². The molecule has 2 aliphatic rings. The van der Waals surface area contributed by atoms with Crippen LogP contribution in [0.2, 0.25) is 5.02 Å². The molecule has 2 aromatic carbocycles. The van der Waals surface area contributed by atoms with Crippen molar-refractivity contribution in [2.24, 2.45) is 4.99 Å². The molecule has 1 heterocycles. The smallest absolute Gasteiger partial charge is 0.251 e. The molecule has 0 bridgehead atoms. The summed E-state index contributed by atoms with van der Waals surface area (Å²) in [7, 11) is 0. The van der Waals surface area contributed by atoms with Crippen molar-refractivity contribution in [3.63, 3.8) is 0 Å². The Kier molecular flexibility index (Phi) is 6.22. The minimum atomic E-state index is -0.0467. The van der Waals surface area contributed by atoms with Gasteiger partial charge < -0.3 is 5.32 Å². The maximum absolute atomic E-state index is 12.5. The third-order valence-electron chi connectivity index (χ3n) is 4.97. The van der Waals surface area contributed by atoms with Crippen molar-refractivity contribution in [1.82, 2.24) is 5.32 Å². The number of thioether (sulfide) groups is 1. The normalized spacial score (nSPS) is 15.3. The zero-order valence-corrected chi connectivity index (χ0v) is 17.9. The summed E-state index contributed by atoms with van der Waals surface area (Å²) in [4.78, 5) is 19.8. The Morgan fingerprint density at radius 1 is 1.14 bits per heavy atom. The van der Waals surface area contributed by atoms with Gasteiger partial charge in [-0.1, -0.05) is 61.0 Å². The molecule has 0 radical (unpaired) electrons. The van der Waals surface area contributed by atoms with Crippen LogP contribution >= 0.6 is 23.4 Å². The van der Waals surface area contributed by atoms with E-state index in [2.05, 4.69) is 24.4 Å². The molecule has 2 aromatic rings. The fourth-order valence-corrected chi connectivity index (χ4v) is 4.60. The maximum atomic E-state index is 12.5. The molecule has 1 aliphatic heterocycles. The van der Waals surface area contributed by atoms with Crippen molar-refractivity contribution in [3.05, 3.63) is 81.2 Å². The van der Waals surface area contributed by atoms with Crippen molar-refractivity contribution in [2.75, 3.05) is 6.54 Å². The molecule has 148 valence electrons. The van der Waals surface area contributed by atoms with Gasteiger partial charge in [0.1, 0.15) is 0 Å². The largest absolute Gasteiger partial charge is 0.352 e. The molecule has 29 heavy (non-hydrogen) atoms. The number of unbranched alkanes of at least 4 members (excludes halogenated alkanes) is 1. The highest BCUT2D eigenvalue weighted by Gasteiger charge is 2.23. The highest BCUT2D eigenvalue weighted by Crippen LogP contribution is 2.44. The molecule has 0 atom stereocenters. The average Bonchev–Trinajstić information content (AvgIpc) is 2.90. The van der Waals surface area contributed by atoms with Crippen molar-refractivity contribution in [3.8, 4) is 0 Å². The van der Waals surface area contributed by atoms with Crippen LogP contribution in [0.25, 0.3) is 0 Å². The summed E-state index contributed by atoms with van der Waals surface area (Å²) in [5, 5.41) is 3.70. The molecule has 3 nitrogen and oxygen atoms in total. The summed E-state index contributed by atoms with van der Waals surface area (Å²) < 4.78 is 0. The number of nitrogens with zero attached hydrogens (tertiary/aromatic N) is 1. The Labute approximate surface area is 181 Å². The lowest BCUT2D eigenvalue weighted by Crippen LogP contribution is -2.24. The molecule has 5 heteroatoms. The van der Waals surface area contributed by atoms with E-state index in [0.29, 0.717) is 17.1 Å². The van der Waals surface area contributed by atoms with Crippen LogP contribution in [0.1, 0.15) is 48.5 Å². The van der Waals surface area contributed by atoms with Gasteiger partial charge in [-0.2, -0.15) is 0 Å². The van der Waals surface area contributed by atoms with E-state index in [9.17, 15) is 4.79 Å². The van der Waals surface area contributed by atoms with Gasteiger partial charge in [0.2, 0.25) is 0 Å². The van der Waals surface area contributed by atoms with E-state index in [0.717, 1.165) is 53.1 Å². The Morgan fingerprint density at radius 2 is 1.93 bits per heavy atom. The number of carbonyl (C=O) groups excluding carboxylic acids is 1. The van der Waals surface area contributed by atoms with Crippen LogP contribution < -0.4 is 5.32 Å². The lowest BCUT2D eigenvalue weighted by atomic mass is 9.97. The minimum absolute atomic E-state index is 0.0467. The first-order valence-corrected chi connectivity index (χ1v) is 11.2. The number of carbonyl (C=O) groups is 1. The van der Waals surface area contributed by atoms with E-state index in [1.54, 1.807) is 11.8 Å². The summed E-state index contributed by atoms with van der Waals surface area (Å²) >= 11 is 7.82. The predicted molar refractivity (Wildman–Crippen MR) is 123 cm³/mol. The van der Waals surface area contributed by atoms with Crippen LogP contribution in [0.5, 0.6) is 0 Å². The van der Waals surface area contributed by atoms with Crippen molar-refractivity contribution < 1.29 is 4.79 Å². The number of amides is 1. The molecule has 4 rings (SSSR count). The Bertz CT molecular complexity index is 1020. The van der Waals surface area contributed by atoms with Gasteiger partial charge in [-0.25, -0.2) is 4.99 Å². The first-order chi connectivity index (χ1) is 14.2. The summed E-state index contributed by atoms with van der Waals surface area (Å²) in [5.74, 6) is -0.0467. The number of aliphatic imine (C=N–C) groups is 1. The number of rotatable bonds is 5. The molecule has 1 N–H and O–H groups in total.